The van der Waals surface area contributed by atoms with Crippen LogP contribution in [0.3, 0.4) is 0 Å². The van der Waals surface area contributed by atoms with Crippen LogP contribution in [0.5, 0.6) is 0 Å². The van der Waals surface area contributed by atoms with E-state index in [-0.39, 0.29) is 12.4 Å². The van der Waals surface area contributed by atoms with Crippen LogP contribution < -0.4 is 10.2 Å². The van der Waals surface area contributed by atoms with E-state index in [9.17, 15) is 0 Å². The Hall–Kier alpha value is -0.990. The topological polar surface area (TPSA) is 15.3 Å². The van der Waals surface area contributed by atoms with Gasteiger partial charge in [-0.1, -0.05) is 18.2 Å². The molecule has 0 radical (unpaired) electrons. The zero-order chi connectivity index (χ0) is 10.4. The van der Waals surface area contributed by atoms with Crippen molar-refractivity contribution < 1.29 is 0 Å². The largest absolute Gasteiger partial charge is 0.378 e. The highest BCUT2D eigenvalue weighted by Crippen LogP contribution is 2.11. The average Bonchev–Trinajstić information content (AvgIpc) is 2.19. The SMILES string of the molecule is C=CCNCc1ccc(N(C)C)cc1.Cl. The van der Waals surface area contributed by atoms with E-state index in [0.717, 1.165) is 13.1 Å². The molecule has 1 aromatic carbocycles. The van der Waals surface area contributed by atoms with E-state index >= 15 is 0 Å². The Balaban J connectivity index is 0.00000196. The molecule has 0 heterocycles. The third-order valence-electron chi connectivity index (χ3n) is 2.07. The number of halogens is 1. The van der Waals surface area contributed by atoms with Crippen molar-refractivity contribution in [2.45, 2.75) is 6.54 Å². The molecule has 0 fully saturated rings. The maximum atomic E-state index is 3.66. The van der Waals surface area contributed by atoms with Gasteiger partial charge in [0, 0.05) is 32.9 Å². The Morgan fingerprint density at radius 3 is 2.33 bits per heavy atom. The molecule has 0 aliphatic carbocycles. The summed E-state index contributed by atoms with van der Waals surface area (Å²) in [6.45, 7) is 5.42. The zero-order valence-corrected chi connectivity index (χ0v) is 10.2. The molecule has 0 aliphatic heterocycles. The van der Waals surface area contributed by atoms with Gasteiger partial charge in [0.1, 0.15) is 0 Å². The first-order chi connectivity index (χ1) is 6.74. The fourth-order valence-electron chi connectivity index (χ4n) is 1.23. The van der Waals surface area contributed by atoms with Crippen LogP contribution >= 0.6 is 12.4 Å². The normalized spacial score (nSPS) is 9.20. The molecule has 0 unspecified atom stereocenters. The second-order valence-corrected chi connectivity index (χ2v) is 3.48. The third-order valence-corrected chi connectivity index (χ3v) is 2.07. The van der Waals surface area contributed by atoms with Gasteiger partial charge in [0.15, 0.2) is 0 Å². The van der Waals surface area contributed by atoms with Gasteiger partial charge in [-0.3, -0.25) is 0 Å². The Morgan fingerprint density at radius 1 is 1.27 bits per heavy atom. The highest BCUT2D eigenvalue weighted by atomic mass is 35.5. The van der Waals surface area contributed by atoms with Crippen LogP contribution in [0, 0.1) is 0 Å². The van der Waals surface area contributed by atoms with Crippen LogP contribution in [0.1, 0.15) is 5.56 Å². The second-order valence-electron chi connectivity index (χ2n) is 3.48. The van der Waals surface area contributed by atoms with Crippen LogP contribution in [0.4, 0.5) is 5.69 Å². The van der Waals surface area contributed by atoms with Gasteiger partial charge in [-0.15, -0.1) is 19.0 Å². The summed E-state index contributed by atoms with van der Waals surface area (Å²) < 4.78 is 0. The standard InChI is InChI=1S/C12H18N2.ClH/c1-4-9-13-10-11-5-7-12(8-6-11)14(2)3;/h4-8,13H,1,9-10H2,2-3H3;1H. The molecule has 2 nitrogen and oxygen atoms in total. The Morgan fingerprint density at radius 2 is 1.87 bits per heavy atom. The molecule has 1 aromatic rings. The first-order valence-corrected chi connectivity index (χ1v) is 4.82. The van der Waals surface area contributed by atoms with Crippen molar-refractivity contribution in [3.63, 3.8) is 0 Å². The molecule has 15 heavy (non-hydrogen) atoms. The third kappa shape index (κ3) is 4.86. The first kappa shape index (κ1) is 14.0. The summed E-state index contributed by atoms with van der Waals surface area (Å²) in [6.07, 6.45) is 1.87. The minimum Gasteiger partial charge on any atom is -0.378 e. The molecule has 1 rings (SSSR count). The van der Waals surface area contributed by atoms with Crippen LogP contribution in [-0.2, 0) is 6.54 Å². The monoisotopic (exact) mass is 226 g/mol. The minimum absolute atomic E-state index is 0. The Labute approximate surface area is 98.4 Å². The van der Waals surface area contributed by atoms with Gasteiger partial charge in [-0.25, -0.2) is 0 Å². The summed E-state index contributed by atoms with van der Waals surface area (Å²) in [4.78, 5) is 2.10. The number of benzene rings is 1. The fourth-order valence-corrected chi connectivity index (χ4v) is 1.23. The van der Waals surface area contributed by atoms with E-state index in [4.69, 9.17) is 0 Å². The number of nitrogens with one attached hydrogen (secondary N) is 1. The highest BCUT2D eigenvalue weighted by Gasteiger charge is 1.94. The minimum atomic E-state index is 0. The molecule has 3 heteroatoms. The van der Waals surface area contributed by atoms with Crippen molar-refractivity contribution in [2.24, 2.45) is 0 Å². The number of anilines is 1. The van der Waals surface area contributed by atoms with Crippen molar-refractivity contribution >= 4 is 18.1 Å². The summed E-state index contributed by atoms with van der Waals surface area (Å²) in [5, 5.41) is 3.27. The van der Waals surface area contributed by atoms with Gasteiger partial charge < -0.3 is 10.2 Å². The lowest BCUT2D eigenvalue weighted by atomic mass is 10.2. The molecule has 0 saturated carbocycles. The quantitative estimate of drug-likeness (QED) is 0.613. The average molecular weight is 227 g/mol. The lowest BCUT2D eigenvalue weighted by Crippen LogP contribution is -2.13. The number of nitrogens with zero attached hydrogens (tertiary/aromatic N) is 1. The summed E-state index contributed by atoms with van der Waals surface area (Å²) >= 11 is 0. The molecule has 0 amide bonds. The predicted octanol–water partition coefficient (Wildman–Crippen LogP) is 2.45. The maximum absolute atomic E-state index is 3.66. The molecular formula is C12H19ClN2. The van der Waals surface area contributed by atoms with Crippen LogP contribution in [0.2, 0.25) is 0 Å². The summed E-state index contributed by atoms with van der Waals surface area (Å²) in [6, 6.07) is 8.55. The lowest BCUT2D eigenvalue weighted by Gasteiger charge is -2.12. The molecule has 1 N–H and O–H groups in total. The molecule has 0 aliphatic rings. The van der Waals surface area contributed by atoms with Gasteiger partial charge in [0.25, 0.3) is 0 Å². The number of hydrogen-bond acceptors (Lipinski definition) is 2. The molecule has 0 saturated heterocycles. The van der Waals surface area contributed by atoms with Gasteiger partial charge in [-0.2, -0.15) is 0 Å². The van der Waals surface area contributed by atoms with E-state index in [1.807, 2.05) is 20.2 Å². The van der Waals surface area contributed by atoms with Crippen molar-refractivity contribution in [1.82, 2.24) is 5.32 Å². The zero-order valence-electron chi connectivity index (χ0n) is 9.36. The van der Waals surface area contributed by atoms with Gasteiger partial charge in [-0.05, 0) is 17.7 Å². The molecule has 0 atom stereocenters. The van der Waals surface area contributed by atoms with Crippen molar-refractivity contribution in [3.05, 3.63) is 42.5 Å². The highest BCUT2D eigenvalue weighted by molar-refractivity contribution is 5.85. The van der Waals surface area contributed by atoms with E-state index in [1.165, 1.54) is 11.3 Å². The van der Waals surface area contributed by atoms with Crippen LogP contribution in [0.15, 0.2) is 36.9 Å². The van der Waals surface area contributed by atoms with Gasteiger partial charge in [0.05, 0.1) is 0 Å². The van der Waals surface area contributed by atoms with Crippen molar-refractivity contribution in [2.75, 3.05) is 25.5 Å². The summed E-state index contributed by atoms with van der Waals surface area (Å²) in [5.41, 5.74) is 2.54. The second kappa shape index (κ2) is 7.32. The lowest BCUT2D eigenvalue weighted by molar-refractivity contribution is 0.760. The van der Waals surface area contributed by atoms with Crippen molar-refractivity contribution in [1.29, 1.82) is 0 Å². The van der Waals surface area contributed by atoms with Crippen LogP contribution in [-0.4, -0.2) is 20.6 Å². The maximum Gasteiger partial charge on any atom is 0.0361 e. The first-order valence-electron chi connectivity index (χ1n) is 4.82. The fraction of sp³-hybridized carbons (Fsp3) is 0.333. The van der Waals surface area contributed by atoms with E-state index in [1.54, 1.807) is 0 Å². The van der Waals surface area contributed by atoms with E-state index in [0.29, 0.717) is 0 Å². The van der Waals surface area contributed by atoms with E-state index in [2.05, 4.69) is 41.1 Å². The molecule has 0 aromatic heterocycles. The number of hydrogen-bond donors (Lipinski definition) is 1. The van der Waals surface area contributed by atoms with Crippen molar-refractivity contribution in [3.8, 4) is 0 Å². The molecule has 0 spiro atoms. The number of rotatable bonds is 5. The molecule has 0 bridgehead atoms. The van der Waals surface area contributed by atoms with Gasteiger partial charge in [0.2, 0.25) is 0 Å². The molecule has 84 valence electrons. The van der Waals surface area contributed by atoms with E-state index < -0.39 is 0 Å². The molecular weight excluding hydrogens is 208 g/mol. The summed E-state index contributed by atoms with van der Waals surface area (Å²) in [7, 11) is 4.09. The van der Waals surface area contributed by atoms with Gasteiger partial charge >= 0.3 is 0 Å². The Kier molecular flexibility index (Phi) is 6.84. The smallest absolute Gasteiger partial charge is 0.0361 e. The summed E-state index contributed by atoms with van der Waals surface area (Å²) in [5.74, 6) is 0. The van der Waals surface area contributed by atoms with Crippen LogP contribution in [0.25, 0.3) is 0 Å². The Bertz CT molecular complexity index is 280. The predicted molar refractivity (Wildman–Crippen MR) is 69.9 cm³/mol.